The number of rotatable bonds is 7. The molecule has 2 heterocycles. The summed E-state index contributed by atoms with van der Waals surface area (Å²) in [5, 5.41) is 21.1. The van der Waals surface area contributed by atoms with Gasteiger partial charge in [0, 0.05) is 29.5 Å². The summed E-state index contributed by atoms with van der Waals surface area (Å²) in [4.78, 5) is 14.9. The highest BCUT2D eigenvalue weighted by Gasteiger charge is 2.46. The molecule has 6 rings (SSSR count). The Morgan fingerprint density at radius 1 is 1.11 bits per heavy atom. The standard InChI is InChI=1S/C26H31N7O2/c1-2-35-20-13-14-21-22(15-20)33(19-7-4-8-19)24(23(21)25-29-31-32-30-25)16-9-11-18(12-10-16)28-26(34)27-17-5-3-6-17/h9-15,17,19,23-24H,2-8H2,1H3,(H2,27,28,34)(H,29,30,31,32). The number of aromatic amines is 1. The van der Waals surface area contributed by atoms with Crippen molar-refractivity contribution in [2.75, 3.05) is 16.8 Å². The molecule has 35 heavy (non-hydrogen) atoms. The number of amides is 2. The molecule has 3 aliphatic rings. The Morgan fingerprint density at radius 3 is 2.54 bits per heavy atom. The summed E-state index contributed by atoms with van der Waals surface area (Å²) < 4.78 is 5.85. The molecule has 2 saturated carbocycles. The third-order valence-electron chi connectivity index (χ3n) is 7.62. The molecule has 3 N–H and O–H groups in total. The Labute approximate surface area is 204 Å². The molecule has 1 aromatic heterocycles. The molecule has 2 fully saturated rings. The van der Waals surface area contributed by atoms with E-state index < -0.39 is 0 Å². The van der Waals surface area contributed by atoms with Crippen LogP contribution in [0.5, 0.6) is 5.75 Å². The number of nitrogens with one attached hydrogen (secondary N) is 3. The Bertz CT molecular complexity index is 1170. The van der Waals surface area contributed by atoms with Gasteiger partial charge in [0.1, 0.15) is 5.75 Å². The van der Waals surface area contributed by atoms with E-state index in [9.17, 15) is 4.79 Å². The molecule has 9 nitrogen and oxygen atoms in total. The fourth-order valence-corrected chi connectivity index (χ4v) is 5.45. The minimum atomic E-state index is -0.138. The van der Waals surface area contributed by atoms with Gasteiger partial charge in [0.05, 0.1) is 18.6 Å². The van der Waals surface area contributed by atoms with Gasteiger partial charge in [-0.25, -0.2) is 9.89 Å². The van der Waals surface area contributed by atoms with E-state index in [0.29, 0.717) is 18.7 Å². The van der Waals surface area contributed by atoms with Crippen LogP contribution in [0.3, 0.4) is 0 Å². The van der Waals surface area contributed by atoms with Gasteiger partial charge in [0.25, 0.3) is 0 Å². The minimum Gasteiger partial charge on any atom is -0.494 e. The molecule has 0 spiro atoms. The fourth-order valence-electron chi connectivity index (χ4n) is 5.45. The molecule has 3 aromatic rings. The van der Waals surface area contributed by atoms with Gasteiger partial charge in [0.15, 0.2) is 5.82 Å². The minimum absolute atomic E-state index is 0.0306. The van der Waals surface area contributed by atoms with Crippen molar-refractivity contribution < 1.29 is 9.53 Å². The second-order valence-corrected chi connectivity index (χ2v) is 9.70. The van der Waals surface area contributed by atoms with Crippen LogP contribution in [-0.2, 0) is 0 Å². The van der Waals surface area contributed by atoms with Gasteiger partial charge in [-0.2, -0.15) is 0 Å². The molecule has 2 atom stereocenters. The number of tetrazole rings is 1. The number of benzene rings is 2. The van der Waals surface area contributed by atoms with Gasteiger partial charge >= 0.3 is 6.03 Å². The molecule has 9 heteroatoms. The number of urea groups is 1. The van der Waals surface area contributed by atoms with Crippen LogP contribution < -0.4 is 20.3 Å². The largest absolute Gasteiger partial charge is 0.494 e. The zero-order chi connectivity index (χ0) is 23.8. The lowest BCUT2D eigenvalue weighted by atomic mass is 9.86. The van der Waals surface area contributed by atoms with Gasteiger partial charge in [-0.1, -0.05) is 18.2 Å². The van der Waals surface area contributed by atoms with Crippen LogP contribution in [0.1, 0.15) is 74.4 Å². The first-order valence-corrected chi connectivity index (χ1v) is 12.7. The molecule has 182 valence electrons. The van der Waals surface area contributed by atoms with Crippen LogP contribution in [0.4, 0.5) is 16.2 Å². The summed E-state index contributed by atoms with van der Waals surface area (Å²) in [5.41, 5.74) is 4.34. The van der Waals surface area contributed by atoms with Crippen molar-refractivity contribution >= 4 is 17.4 Å². The van der Waals surface area contributed by atoms with E-state index in [2.05, 4.69) is 60.4 Å². The maximum absolute atomic E-state index is 12.3. The van der Waals surface area contributed by atoms with E-state index >= 15 is 0 Å². The van der Waals surface area contributed by atoms with Crippen molar-refractivity contribution in [1.82, 2.24) is 25.9 Å². The predicted molar refractivity (Wildman–Crippen MR) is 133 cm³/mol. The monoisotopic (exact) mass is 473 g/mol. The lowest BCUT2D eigenvalue weighted by molar-refractivity contribution is 0.240. The van der Waals surface area contributed by atoms with Crippen molar-refractivity contribution in [3.63, 3.8) is 0 Å². The van der Waals surface area contributed by atoms with Crippen LogP contribution in [0.25, 0.3) is 0 Å². The summed E-state index contributed by atoms with van der Waals surface area (Å²) in [6, 6.07) is 15.2. The topological polar surface area (TPSA) is 108 Å². The van der Waals surface area contributed by atoms with E-state index in [-0.39, 0.29) is 18.0 Å². The van der Waals surface area contributed by atoms with Crippen molar-refractivity contribution in [2.45, 2.75) is 69.5 Å². The Kier molecular flexibility index (Phi) is 5.75. The SMILES string of the molecule is CCOc1ccc2c(c1)N(C1CCC1)C(c1ccc(NC(=O)NC3CCC3)cc1)C2c1nnn[nH]1. The van der Waals surface area contributed by atoms with E-state index in [1.54, 1.807) is 0 Å². The van der Waals surface area contributed by atoms with Crippen LogP contribution in [0.15, 0.2) is 42.5 Å². The highest BCUT2D eigenvalue weighted by Crippen LogP contribution is 2.54. The second-order valence-electron chi connectivity index (χ2n) is 9.70. The summed E-state index contributed by atoms with van der Waals surface area (Å²) in [7, 11) is 0. The van der Waals surface area contributed by atoms with Crippen LogP contribution in [-0.4, -0.2) is 45.3 Å². The predicted octanol–water partition coefficient (Wildman–Crippen LogP) is 4.52. The van der Waals surface area contributed by atoms with Crippen LogP contribution >= 0.6 is 0 Å². The Balaban J connectivity index is 1.33. The number of anilines is 2. The number of hydrogen-bond acceptors (Lipinski definition) is 6. The second kappa shape index (κ2) is 9.20. The van der Waals surface area contributed by atoms with Gasteiger partial charge in [-0.05, 0) is 85.2 Å². The zero-order valence-corrected chi connectivity index (χ0v) is 19.9. The molecular weight excluding hydrogens is 442 g/mol. The number of carbonyl (C=O) groups excluding carboxylic acids is 1. The summed E-state index contributed by atoms with van der Waals surface area (Å²) >= 11 is 0. The summed E-state index contributed by atoms with van der Waals surface area (Å²) in [6.07, 6.45) is 6.88. The Hall–Kier alpha value is -3.62. The first kappa shape index (κ1) is 21.9. The first-order chi connectivity index (χ1) is 17.2. The van der Waals surface area contributed by atoms with Gasteiger partial charge in [-0.3, -0.25) is 0 Å². The zero-order valence-electron chi connectivity index (χ0n) is 19.9. The van der Waals surface area contributed by atoms with Crippen molar-refractivity contribution in [2.24, 2.45) is 0 Å². The number of hydrogen-bond donors (Lipinski definition) is 3. The highest BCUT2D eigenvalue weighted by molar-refractivity contribution is 5.89. The number of nitrogens with zero attached hydrogens (tertiary/aromatic N) is 4. The normalized spacial score (nSPS) is 21.7. The number of aromatic nitrogens is 4. The van der Waals surface area contributed by atoms with Crippen molar-refractivity contribution in [3.05, 3.63) is 59.4 Å². The average Bonchev–Trinajstić information content (AvgIpc) is 3.43. The summed E-state index contributed by atoms with van der Waals surface area (Å²) in [5.74, 6) is 1.60. The van der Waals surface area contributed by atoms with E-state index in [4.69, 9.17) is 4.74 Å². The number of ether oxygens (including phenoxy) is 1. The quantitative estimate of drug-likeness (QED) is 0.466. The van der Waals surface area contributed by atoms with Gasteiger partial charge in [0.2, 0.25) is 0 Å². The van der Waals surface area contributed by atoms with E-state index in [0.717, 1.165) is 48.5 Å². The molecule has 2 amide bonds. The van der Waals surface area contributed by atoms with Crippen LogP contribution in [0.2, 0.25) is 0 Å². The van der Waals surface area contributed by atoms with Gasteiger partial charge in [-0.15, -0.1) is 5.10 Å². The smallest absolute Gasteiger partial charge is 0.319 e. The third-order valence-corrected chi connectivity index (χ3v) is 7.62. The lowest BCUT2D eigenvalue weighted by Crippen LogP contribution is -2.42. The molecule has 0 saturated heterocycles. The first-order valence-electron chi connectivity index (χ1n) is 12.7. The maximum atomic E-state index is 12.3. The molecule has 1 aliphatic heterocycles. The number of fused-ring (bicyclic) bond motifs is 1. The maximum Gasteiger partial charge on any atom is 0.319 e. The average molecular weight is 474 g/mol. The number of H-pyrrole nitrogens is 1. The molecule has 2 unspecified atom stereocenters. The lowest BCUT2D eigenvalue weighted by Gasteiger charge is -2.42. The summed E-state index contributed by atoms with van der Waals surface area (Å²) in [6.45, 7) is 2.63. The van der Waals surface area contributed by atoms with Crippen molar-refractivity contribution in [1.29, 1.82) is 0 Å². The van der Waals surface area contributed by atoms with Gasteiger partial charge < -0.3 is 20.3 Å². The number of carbonyl (C=O) groups is 1. The molecule has 0 bridgehead atoms. The Morgan fingerprint density at radius 2 is 1.91 bits per heavy atom. The molecular formula is C26H31N7O2. The molecule has 2 aliphatic carbocycles. The van der Waals surface area contributed by atoms with Crippen LogP contribution in [0, 0.1) is 0 Å². The fraction of sp³-hybridized carbons (Fsp3) is 0.462. The molecule has 0 radical (unpaired) electrons. The van der Waals surface area contributed by atoms with E-state index in [1.165, 1.54) is 24.1 Å². The molecule has 2 aromatic carbocycles. The third kappa shape index (κ3) is 4.09. The highest BCUT2D eigenvalue weighted by atomic mass is 16.5. The van der Waals surface area contributed by atoms with E-state index in [1.807, 2.05) is 25.1 Å². The van der Waals surface area contributed by atoms with Crippen molar-refractivity contribution in [3.8, 4) is 5.75 Å².